The van der Waals surface area contributed by atoms with E-state index in [9.17, 15) is 5.11 Å². The van der Waals surface area contributed by atoms with Crippen LogP contribution in [0.3, 0.4) is 0 Å². The van der Waals surface area contributed by atoms with Gasteiger partial charge in [-0.05, 0) is 5.56 Å². The van der Waals surface area contributed by atoms with Crippen molar-refractivity contribution in [3.05, 3.63) is 97.6 Å². The number of hydrogen-bond acceptors (Lipinski definition) is 3. The molecule has 0 saturated carbocycles. The van der Waals surface area contributed by atoms with Crippen LogP contribution in [0.2, 0.25) is 0 Å². The molecule has 0 aliphatic rings. The van der Waals surface area contributed by atoms with Gasteiger partial charge in [-0.25, -0.2) is 4.98 Å². The fourth-order valence-electron chi connectivity index (χ4n) is 3.32. The van der Waals surface area contributed by atoms with E-state index in [2.05, 4.69) is 16.7 Å². The van der Waals surface area contributed by atoms with Crippen molar-refractivity contribution in [3.8, 4) is 22.5 Å². The molecular weight excluding hydrogens is 348 g/mol. The Balaban J connectivity index is 1.75. The molecule has 0 amide bonds. The van der Waals surface area contributed by atoms with E-state index in [1.54, 1.807) is 6.33 Å². The summed E-state index contributed by atoms with van der Waals surface area (Å²) in [5.74, 6) is 0. The van der Waals surface area contributed by atoms with Crippen molar-refractivity contribution in [2.75, 3.05) is 0 Å². The van der Waals surface area contributed by atoms with E-state index in [0.717, 1.165) is 28.1 Å². The molecule has 140 valence electrons. The molecule has 2 aromatic heterocycles. The first-order chi connectivity index (χ1) is 13.8. The lowest BCUT2D eigenvalue weighted by molar-refractivity contribution is 0.157. The van der Waals surface area contributed by atoms with Crippen LogP contribution < -0.4 is 0 Å². The number of benzene rings is 2. The van der Waals surface area contributed by atoms with Crippen molar-refractivity contribution in [3.63, 3.8) is 0 Å². The summed E-state index contributed by atoms with van der Waals surface area (Å²) in [5.41, 5.74) is 4.68. The zero-order chi connectivity index (χ0) is 19.3. The highest BCUT2D eigenvalue weighted by atomic mass is 16.3. The number of aliphatic hydroxyl groups excluding tert-OH is 1. The molecule has 1 N–H and O–H groups in total. The zero-order valence-corrected chi connectivity index (χ0v) is 15.5. The van der Waals surface area contributed by atoms with Gasteiger partial charge in [0, 0.05) is 17.3 Å². The third-order valence-corrected chi connectivity index (χ3v) is 4.66. The van der Waals surface area contributed by atoms with Crippen molar-refractivity contribution in [2.24, 2.45) is 0 Å². The predicted octanol–water partition coefficient (Wildman–Crippen LogP) is 4.33. The third kappa shape index (κ3) is 3.66. The van der Waals surface area contributed by atoms with Gasteiger partial charge in [0.1, 0.15) is 0 Å². The van der Waals surface area contributed by atoms with Gasteiger partial charge in [0.15, 0.2) is 0 Å². The topological polar surface area (TPSA) is 55.9 Å². The molecule has 0 spiro atoms. The SMILES string of the molecule is C=CCn1cc(-c2c(-c3ccccc3)ncn2C[C@H](O)c2ccccc2)cn1. The molecule has 1 atom stereocenters. The van der Waals surface area contributed by atoms with E-state index in [4.69, 9.17) is 0 Å². The number of nitrogens with zero attached hydrogens (tertiary/aromatic N) is 4. The maximum atomic E-state index is 10.7. The van der Waals surface area contributed by atoms with Gasteiger partial charge in [0.2, 0.25) is 0 Å². The van der Waals surface area contributed by atoms with E-state index in [-0.39, 0.29) is 0 Å². The molecule has 4 rings (SSSR count). The highest BCUT2D eigenvalue weighted by Crippen LogP contribution is 2.32. The van der Waals surface area contributed by atoms with E-state index in [1.165, 1.54) is 0 Å². The minimum Gasteiger partial charge on any atom is -0.387 e. The molecule has 0 bridgehead atoms. The van der Waals surface area contributed by atoms with Gasteiger partial charge in [-0.3, -0.25) is 4.68 Å². The van der Waals surface area contributed by atoms with E-state index in [1.807, 2.05) is 88.4 Å². The second kappa shape index (κ2) is 8.06. The molecule has 0 unspecified atom stereocenters. The molecule has 0 aliphatic heterocycles. The highest BCUT2D eigenvalue weighted by Gasteiger charge is 2.19. The normalized spacial score (nSPS) is 12.0. The summed E-state index contributed by atoms with van der Waals surface area (Å²) in [5, 5.41) is 15.1. The average Bonchev–Trinajstić information content (AvgIpc) is 3.36. The van der Waals surface area contributed by atoms with Crippen molar-refractivity contribution in [2.45, 2.75) is 19.2 Å². The fourth-order valence-corrected chi connectivity index (χ4v) is 3.32. The number of rotatable bonds is 7. The number of imidazole rings is 1. The summed E-state index contributed by atoms with van der Waals surface area (Å²) in [6, 6.07) is 19.7. The molecular formula is C23H22N4O. The maximum absolute atomic E-state index is 10.7. The average molecular weight is 370 g/mol. The van der Waals surface area contributed by atoms with E-state index in [0.29, 0.717) is 13.1 Å². The van der Waals surface area contributed by atoms with E-state index < -0.39 is 6.10 Å². The molecule has 0 fully saturated rings. The Morgan fingerprint density at radius 2 is 1.71 bits per heavy atom. The summed E-state index contributed by atoms with van der Waals surface area (Å²) in [7, 11) is 0. The molecule has 0 radical (unpaired) electrons. The van der Waals surface area contributed by atoms with Crippen molar-refractivity contribution in [1.29, 1.82) is 0 Å². The van der Waals surface area contributed by atoms with Crippen LogP contribution in [0.1, 0.15) is 11.7 Å². The van der Waals surface area contributed by atoms with Crippen LogP contribution in [-0.4, -0.2) is 24.4 Å². The molecule has 0 aliphatic carbocycles. The van der Waals surface area contributed by atoms with Crippen LogP contribution in [0.5, 0.6) is 0 Å². The van der Waals surface area contributed by atoms with Gasteiger partial charge < -0.3 is 9.67 Å². The first kappa shape index (κ1) is 17.9. The summed E-state index contributed by atoms with van der Waals surface area (Å²) in [6.45, 7) is 4.82. The second-order valence-corrected chi connectivity index (χ2v) is 6.63. The summed E-state index contributed by atoms with van der Waals surface area (Å²) < 4.78 is 3.83. The molecule has 0 saturated heterocycles. The van der Waals surface area contributed by atoms with Crippen molar-refractivity contribution >= 4 is 0 Å². The Morgan fingerprint density at radius 3 is 2.43 bits per heavy atom. The van der Waals surface area contributed by atoms with Gasteiger partial charge in [-0.2, -0.15) is 5.10 Å². The Hall–Kier alpha value is -3.44. The van der Waals surface area contributed by atoms with Crippen LogP contribution in [0.25, 0.3) is 22.5 Å². The zero-order valence-electron chi connectivity index (χ0n) is 15.5. The largest absolute Gasteiger partial charge is 0.387 e. The minimum absolute atomic E-state index is 0.409. The third-order valence-electron chi connectivity index (χ3n) is 4.66. The van der Waals surface area contributed by atoms with Gasteiger partial charge in [-0.1, -0.05) is 66.7 Å². The minimum atomic E-state index is -0.624. The highest BCUT2D eigenvalue weighted by molar-refractivity contribution is 5.78. The van der Waals surface area contributed by atoms with Crippen LogP contribution in [0.4, 0.5) is 0 Å². The van der Waals surface area contributed by atoms with Crippen molar-refractivity contribution in [1.82, 2.24) is 19.3 Å². The lowest BCUT2D eigenvalue weighted by atomic mass is 10.1. The van der Waals surface area contributed by atoms with Gasteiger partial charge >= 0.3 is 0 Å². The van der Waals surface area contributed by atoms with Crippen molar-refractivity contribution < 1.29 is 5.11 Å². The molecule has 5 nitrogen and oxygen atoms in total. The number of aromatic nitrogens is 4. The fraction of sp³-hybridized carbons (Fsp3) is 0.130. The quantitative estimate of drug-likeness (QED) is 0.493. The van der Waals surface area contributed by atoms with Crippen LogP contribution in [0.15, 0.2) is 92.0 Å². The Morgan fingerprint density at radius 1 is 1.00 bits per heavy atom. The number of allylic oxidation sites excluding steroid dienone is 1. The van der Waals surface area contributed by atoms with Gasteiger partial charge in [-0.15, -0.1) is 6.58 Å². The second-order valence-electron chi connectivity index (χ2n) is 6.63. The number of aliphatic hydroxyl groups is 1. The van der Waals surface area contributed by atoms with Gasteiger partial charge in [0.25, 0.3) is 0 Å². The molecule has 4 aromatic rings. The van der Waals surface area contributed by atoms with Gasteiger partial charge in [0.05, 0.1) is 43.1 Å². The molecule has 2 aromatic carbocycles. The van der Waals surface area contributed by atoms with Crippen LogP contribution >= 0.6 is 0 Å². The first-order valence-corrected chi connectivity index (χ1v) is 9.23. The lowest BCUT2D eigenvalue weighted by Gasteiger charge is -2.14. The summed E-state index contributed by atoms with van der Waals surface area (Å²) >= 11 is 0. The van der Waals surface area contributed by atoms with Crippen LogP contribution in [-0.2, 0) is 13.1 Å². The Bertz CT molecular complexity index is 1050. The molecule has 2 heterocycles. The molecule has 5 heteroatoms. The summed E-state index contributed by atoms with van der Waals surface area (Å²) in [6.07, 6.45) is 6.79. The van der Waals surface area contributed by atoms with Crippen LogP contribution in [0, 0.1) is 0 Å². The Labute approximate surface area is 164 Å². The predicted molar refractivity (Wildman–Crippen MR) is 110 cm³/mol. The summed E-state index contributed by atoms with van der Waals surface area (Å²) in [4.78, 5) is 4.66. The first-order valence-electron chi connectivity index (χ1n) is 9.23. The smallest absolute Gasteiger partial charge is 0.0969 e. The maximum Gasteiger partial charge on any atom is 0.0969 e. The monoisotopic (exact) mass is 370 g/mol. The Kier molecular flexibility index (Phi) is 5.17. The lowest BCUT2D eigenvalue weighted by Crippen LogP contribution is -2.09. The standard InChI is InChI=1S/C23H22N4O/c1-2-13-27-15-20(14-25-27)23-22(19-11-7-4-8-12-19)24-17-26(23)16-21(28)18-9-5-3-6-10-18/h2-12,14-15,17,21,28H,1,13,16H2/t21-/m0/s1. The van der Waals surface area contributed by atoms with E-state index >= 15 is 0 Å². The number of hydrogen-bond donors (Lipinski definition) is 1. The molecule has 28 heavy (non-hydrogen) atoms.